The topological polar surface area (TPSA) is 124 Å². The Bertz CT molecular complexity index is 1910. The molecule has 4 aromatic rings. The Balaban J connectivity index is 1.37. The van der Waals surface area contributed by atoms with E-state index in [1.165, 1.54) is 24.3 Å². The summed E-state index contributed by atoms with van der Waals surface area (Å²) < 4.78 is 91.9. The number of benzene rings is 4. The van der Waals surface area contributed by atoms with Gasteiger partial charge in [0.15, 0.2) is 23.0 Å². The number of carboxylic acids is 1. The number of nitrogens with one attached hydrogen (secondary N) is 1. The van der Waals surface area contributed by atoms with Crippen molar-refractivity contribution in [2.24, 2.45) is 5.92 Å². The average molecular weight is 750 g/mol. The second-order valence-electron chi connectivity index (χ2n) is 11.0. The zero-order chi connectivity index (χ0) is 34.1. The SMILES string of the molecule is O=C(O)C(CN(Cc1ccc2c(c1)OCO2)S(=O)(=O)c1ccc(Br)cc1)C(NCc1ccc2c(c1)OCO2)c1ccc(C(F)(F)F)cc1. The molecule has 0 aliphatic carbocycles. The van der Waals surface area contributed by atoms with Crippen LogP contribution >= 0.6 is 15.9 Å². The molecule has 0 saturated heterocycles. The zero-order valence-electron chi connectivity index (χ0n) is 24.9. The molecule has 2 heterocycles. The van der Waals surface area contributed by atoms with Gasteiger partial charge in [-0.25, -0.2) is 8.42 Å². The molecule has 4 aromatic carbocycles. The van der Waals surface area contributed by atoms with Crippen LogP contribution in [0.5, 0.6) is 23.0 Å². The fraction of sp³-hybridized carbons (Fsp3) is 0.242. The quantitative estimate of drug-likeness (QED) is 0.171. The number of sulfonamides is 1. The highest BCUT2D eigenvalue weighted by Gasteiger charge is 2.37. The Kier molecular flexibility index (Phi) is 9.56. The number of carboxylic acid groups (broad SMARTS) is 1. The summed E-state index contributed by atoms with van der Waals surface area (Å²) in [4.78, 5) is 13.0. The third-order valence-corrected chi connectivity index (χ3v) is 10.3. The van der Waals surface area contributed by atoms with Gasteiger partial charge in [0.05, 0.1) is 16.4 Å². The Hall–Kier alpha value is -4.31. The molecule has 2 aliphatic heterocycles. The number of rotatable bonds is 12. The normalized spacial score (nSPS) is 15.0. The molecule has 48 heavy (non-hydrogen) atoms. The van der Waals surface area contributed by atoms with Crippen molar-refractivity contribution in [2.45, 2.75) is 30.2 Å². The lowest BCUT2D eigenvalue weighted by Crippen LogP contribution is -2.43. The van der Waals surface area contributed by atoms with E-state index in [0.717, 1.165) is 16.4 Å². The highest BCUT2D eigenvalue weighted by atomic mass is 79.9. The van der Waals surface area contributed by atoms with Gasteiger partial charge in [-0.1, -0.05) is 40.2 Å². The van der Waals surface area contributed by atoms with Gasteiger partial charge in [-0.15, -0.1) is 0 Å². The number of alkyl halides is 3. The molecule has 2 atom stereocenters. The van der Waals surface area contributed by atoms with Crippen LogP contribution in [-0.2, 0) is 34.1 Å². The van der Waals surface area contributed by atoms with Crippen molar-refractivity contribution in [3.63, 3.8) is 0 Å². The fourth-order valence-corrected chi connectivity index (χ4v) is 7.16. The maximum atomic E-state index is 14.1. The monoisotopic (exact) mass is 748 g/mol. The molecule has 0 fully saturated rings. The van der Waals surface area contributed by atoms with Gasteiger partial charge in [-0.3, -0.25) is 4.79 Å². The second kappa shape index (κ2) is 13.7. The maximum absolute atomic E-state index is 14.1. The maximum Gasteiger partial charge on any atom is 0.416 e. The minimum Gasteiger partial charge on any atom is -0.481 e. The summed E-state index contributed by atoms with van der Waals surface area (Å²) in [6, 6.07) is 18.9. The molecule has 6 rings (SSSR count). The predicted molar refractivity (Wildman–Crippen MR) is 169 cm³/mol. The third kappa shape index (κ3) is 7.38. The number of fused-ring (bicyclic) bond motifs is 2. The first-order valence-corrected chi connectivity index (χ1v) is 16.8. The van der Waals surface area contributed by atoms with E-state index >= 15 is 0 Å². The minimum atomic E-state index is -4.61. The Labute approximate surface area is 282 Å². The molecule has 2 unspecified atom stereocenters. The first-order chi connectivity index (χ1) is 22.9. The summed E-state index contributed by atoms with van der Waals surface area (Å²) in [5, 5.41) is 13.8. The predicted octanol–water partition coefficient (Wildman–Crippen LogP) is 6.35. The van der Waals surface area contributed by atoms with Crippen molar-refractivity contribution in [1.29, 1.82) is 0 Å². The van der Waals surface area contributed by atoms with Crippen LogP contribution in [0.4, 0.5) is 13.2 Å². The molecule has 0 bridgehead atoms. The lowest BCUT2D eigenvalue weighted by atomic mass is 9.91. The molecule has 15 heteroatoms. The zero-order valence-corrected chi connectivity index (χ0v) is 27.3. The summed E-state index contributed by atoms with van der Waals surface area (Å²) in [7, 11) is -4.30. The third-order valence-electron chi connectivity index (χ3n) is 7.93. The number of hydrogen-bond acceptors (Lipinski definition) is 8. The van der Waals surface area contributed by atoms with Gasteiger partial charge in [-0.2, -0.15) is 17.5 Å². The molecule has 0 saturated carbocycles. The summed E-state index contributed by atoms with van der Waals surface area (Å²) in [6.07, 6.45) is -4.61. The lowest BCUT2D eigenvalue weighted by Gasteiger charge is -2.31. The highest BCUT2D eigenvalue weighted by Crippen LogP contribution is 2.36. The molecule has 0 spiro atoms. The molecular formula is C33H28BrF3N2O8S. The van der Waals surface area contributed by atoms with Crippen LogP contribution in [0.1, 0.15) is 28.3 Å². The summed E-state index contributed by atoms with van der Waals surface area (Å²) in [5.41, 5.74) is 0.499. The van der Waals surface area contributed by atoms with E-state index in [9.17, 15) is 31.5 Å². The van der Waals surface area contributed by atoms with Crippen LogP contribution in [0.25, 0.3) is 0 Å². The molecule has 2 aliphatic rings. The van der Waals surface area contributed by atoms with Crippen LogP contribution in [0, 0.1) is 5.92 Å². The highest BCUT2D eigenvalue weighted by molar-refractivity contribution is 9.10. The van der Waals surface area contributed by atoms with Crippen LogP contribution in [-0.4, -0.2) is 43.9 Å². The fourth-order valence-electron chi connectivity index (χ4n) is 5.44. The van der Waals surface area contributed by atoms with Crippen molar-refractivity contribution in [3.8, 4) is 23.0 Å². The van der Waals surface area contributed by atoms with Crippen molar-refractivity contribution in [3.05, 3.63) is 112 Å². The van der Waals surface area contributed by atoms with Crippen molar-refractivity contribution >= 4 is 31.9 Å². The minimum absolute atomic E-state index is 0.00459. The molecule has 2 N–H and O–H groups in total. The van der Waals surface area contributed by atoms with E-state index in [1.807, 2.05) is 0 Å². The second-order valence-corrected chi connectivity index (χ2v) is 13.9. The molecule has 0 radical (unpaired) electrons. The van der Waals surface area contributed by atoms with E-state index in [-0.39, 0.29) is 37.1 Å². The van der Waals surface area contributed by atoms with Crippen molar-refractivity contribution < 1.29 is 50.4 Å². The first-order valence-electron chi connectivity index (χ1n) is 14.5. The molecule has 252 valence electrons. The molecule has 10 nitrogen and oxygen atoms in total. The molecule has 0 amide bonds. The van der Waals surface area contributed by atoms with E-state index < -0.39 is 46.2 Å². The number of hydrogen-bond donors (Lipinski definition) is 2. The number of carbonyl (C=O) groups is 1. The lowest BCUT2D eigenvalue weighted by molar-refractivity contribution is -0.143. The largest absolute Gasteiger partial charge is 0.481 e. The first kappa shape index (κ1) is 33.6. The average Bonchev–Trinajstić information content (AvgIpc) is 3.73. The summed E-state index contributed by atoms with van der Waals surface area (Å²) in [6.45, 7) is -0.644. The smallest absolute Gasteiger partial charge is 0.416 e. The van der Waals surface area contributed by atoms with E-state index in [2.05, 4.69) is 21.2 Å². The van der Waals surface area contributed by atoms with E-state index in [4.69, 9.17) is 18.9 Å². The van der Waals surface area contributed by atoms with Gasteiger partial charge < -0.3 is 29.4 Å². The van der Waals surface area contributed by atoms with Gasteiger partial charge in [-0.05, 0) is 77.4 Å². The summed E-state index contributed by atoms with van der Waals surface area (Å²) in [5.74, 6) is -0.893. The van der Waals surface area contributed by atoms with Crippen molar-refractivity contribution in [1.82, 2.24) is 9.62 Å². The number of ether oxygens (including phenoxy) is 4. The standard InChI is InChI=1S/C33H28BrF3N2O8S/c34-24-7-9-25(10-8-24)48(42,43)39(16-21-2-12-28-30(14-21)47-19-45-28)17-26(32(40)41)31(22-3-5-23(6-4-22)33(35,36)37)38-15-20-1-11-27-29(13-20)46-18-44-27/h1-14,26,31,38H,15-19H2,(H,40,41). The Morgan fingerprint density at radius 2 is 1.40 bits per heavy atom. The molecular weight excluding hydrogens is 721 g/mol. The van der Waals surface area contributed by atoms with E-state index in [1.54, 1.807) is 48.5 Å². The van der Waals surface area contributed by atoms with Crippen LogP contribution < -0.4 is 24.3 Å². The number of aliphatic carboxylic acids is 1. The van der Waals surface area contributed by atoms with Gasteiger partial charge in [0, 0.05) is 30.1 Å². The molecule has 0 aromatic heterocycles. The van der Waals surface area contributed by atoms with Gasteiger partial charge >= 0.3 is 12.1 Å². The summed E-state index contributed by atoms with van der Waals surface area (Å²) >= 11 is 3.30. The van der Waals surface area contributed by atoms with Gasteiger partial charge in [0.1, 0.15) is 0 Å². The van der Waals surface area contributed by atoms with E-state index in [0.29, 0.717) is 38.6 Å². The van der Waals surface area contributed by atoms with Gasteiger partial charge in [0.25, 0.3) is 0 Å². The Morgan fingerprint density at radius 1 is 0.833 bits per heavy atom. The van der Waals surface area contributed by atoms with Gasteiger partial charge in [0.2, 0.25) is 23.6 Å². The van der Waals surface area contributed by atoms with Crippen LogP contribution in [0.3, 0.4) is 0 Å². The van der Waals surface area contributed by atoms with Crippen LogP contribution in [0.15, 0.2) is 94.3 Å². The number of halogens is 4. The number of nitrogens with zero attached hydrogens (tertiary/aromatic N) is 1. The van der Waals surface area contributed by atoms with Crippen molar-refractivity contribution in [2.75, 3.05) is 20.1 Å². The van der Waals surface area contributed by atoms with Crippen LogP contribution in [0.2, 0.25) is 0 Å². The Morgan fingerprint density at radius 3 is 1.98 bits per heavy atom.